The molecule has 2 amide bonds. The zero-order valence-electron chi connectivity index (χ0n) is 15.5. The van der Waals surface area contributed by atoms with E-state index in [0.717, 1.165) is 32.1 Å². The van der Waals surface area contributed by atoms with Gasteiger partial charge in [0, 0.05) is 17.9 Å². The fourth-order valence-corrected chi connectivity index (χ4v) is 3.70. The fraction of sp³-hybridized carbons (Fsp3) is 0.381. The van der Waals surface area contributed by atoms with Gasteiger partial charge in [0.2, 0.25) is 11.8 Å². The summed E-state index contributed by atoms with van der Waals surface area (Å²) < 4.78 is 13.8. The third kappa shape index (κ3) is 4.87. The molecule has 1 saturated carbocycles. The van der Waals surface area contributed by atoms with Crippen LogP contribution in [0.15, 0.2) is 48.7 Å². The Hall–Kier alpha value is -2.47. The van der Waals surface area contributed by atoms with Crippen molar-refractivity contribution in [2.45, 2.75) is 44.2 Å². The number of benzene rings is 1. The number of halogens is 2. The number of carbonyl (C=O) groups is 2. The maximum Gasteiger partial charge on any atom is 0.249 e. The summed E-state index contributed by atoms with van der Waals surface area (Å²) >= 11 is 5.83. The molecule has 1 aliphatic carbocycles. The lowest BCUT2D eigenvalue weighted by Gasteiger charge is -2.32. The summed E-state index contributed by atoms with van der Waals surface area (Å²) in [5.41, 5.74) is 0.665. The fourth-order valence-electron chi connectivity index (χ4n) is 3.58. The van der Waals surface area contributed by atoms with Crippen LogP contribution in [0.25, 0.3) is 0 Å². The molecule has 1 fully saturated rings. The molecule has 1 N–H and O–H groups in total. The Balaban J connectivity index is 1.99. The highest BCUT2D eigenvalue weighted by Gasteiger charge is 2.34. The number of pyridine rings is 1. The quantitative estimate of drug-likeness (QED) is 0.742. The van der Waals surface area contributed by atoms with E-state index in [1.165, 1.54) is 23.1 Å². The van der Waals surface area contributed by atoms with Gasteiger partial charge in [-0.3, -0.25) is 19.5 Å². The standard InChI is InChI=1S/C21H23ClFN3O2/c22-14-19(27)26(17-10-6-7-15(23)13-17)20(18-11-4-5-12-24-18)21(28)25-16-8-2-1-3-9-16/h4-7,10-13,16,20H,1-3,8-9,14H2,(H,25,28). The van der Waals surface area contributed by atoms with Gasteiger partial charge in [-0.2, -0.15) is 0 Å². The first-order valence-corrected chi connectivity index (χ1v) is 9.98. The summed E-state index contributed by atoms with van der Waals surface area (Å²) in [5, 5.41) is 3.05. The summed E-state index contributed by atoms with van der Waals surface area (Å²) in [7, 11) is 0. The molecule has 5 nitrogen and oxygen atoms in total. The molecule has 7 heteroatoms. The first-order valence-electron chi connectivity index (χ1n) is 9.45. The molecule has 3 rings (SSSR count). The van der Waals surface area contributed by atoms with Crippen molar-refractivity contribution in [3.63, 3.8) is 0 Å². The number of aromatic nitrogens is 1. The molecule has 1 aliphatic rings. The maximum absolute atomic E-state index is 13.8. The number of anilines is 1. The predicted octanol–water partition coefficient (Wildman–Crippen LogP) is 3.98. The molecule has 1 aromatic heterocycles. The molecule has 1 atom stereocenters. The average molecular weight is 404 g/mol. The molecule has 2 aromatic rings. The van der Waals surface area contributed by atoms with Crippen LogP contribution in [0.2, 0.25) is 0 Å². The zero-order valence-corrected chi connectivity index (χ0v) is 16.2. The molecule has 0 bridgehead atoms. The summed E-state index contributed by atoms with van der Waals surface area (Å²) in [4.78, 5) is 31.5. The van der Waals surface area contributed by atoms with Gasteiger partial charge in [-0.05, 0) is 43.2 Å². The Morgan fingerprint density at radius 1 is 1.18 bits per heavy atom. The molecule has 28 heavy (non-hydrogen) atoms. The van der Waals surface area contributed by atoms with E-state index in [1.807, 2.05) is 0 Å². The van der Waals surface area contributed by atoms with Crippen LogP contribution < -0.4 is 10.2 Å². The zero-order chi connectivity index (χ0) is 19.9. The van der Waals surface area contributed by atoms with Crippen molar-refractivity contribution >= 4 is 29.1 Å². The van der Waals surface area contributed by atoms with Crippen LogP contribution in [-0.4, -0.2) is 28.7 Å². The Bertz CT molecular complexity index is 812. The van der Waals surface area contributed by atoms with Crippen molar-refractivity contribution < 1.29 is 14.0 Å². The highest BCUT2D eigenvalue weighted by Crippen LogP contribution is 2.28. The second-order valence-electron chi connectivity index (χ2n) is 6.88. The number of hydrogen-bond donors (Lipinski definition) is 1. The van der Waals surface area contributed by atoms with Gasteiger partial charge in [0.15, 0.2) is 6.04 Å². The molecule has 0 spiro atoms. The van der Waals surface area contributed by atoms with Gasteiger partial charge in [-0.15, -0.1) is 11.6 Å². The minimum atomic E-state index is -1.03. The van der Waals surface area contributed by atoms with Crippen LogP contribution in [0.3, 0.4) is 0 Å². The number of nitrogens with zero attached hydrogens (tertiary/aromatic N) is 2. The van der Waals surface area contributed by atoms with Crippen molar-refractivity contribution in [2.24, 2.45) is 0 Å². The Kier molecular flexibility index (Phi) is 6.98. The largest absolute Gasteiger partial charge is 0.351 e. The van der Waals surface area contributed by atoms with E-state index < -0.39 is 17.8 Å². The van der Waals surface area contributed by atoms with Crippen LogP contribution in [0.5, 0.6) is 0 Å². The highest BCUT2D eigenvalue weighted by atomic mass is 35.5. The van der Waals surface area contributed by atoms with Gasteiger partial charge < -0.3 is 5.32 Å². The number of hydrogen-bond acceptors (Lipinski definition) is 3. The molecule has 0 aliphatic heterocycles. The Morgan fingerprint density at radius 3 is 2.61 bits per heavy atom. The number of rotatable bonds is 6. The maximum atomic E-state index is 13.8. The van der Waals surface area contributed by atoms with Gasteiger partial charge in [0.1, 0.15) is 11.7 Å². The van der Waals surface area contributed by atoms with Gasteiger partial charge in [0.25, 0.3) is 0 Å². The lowest BCUT2D eigenvalue weighted by Crippen LogP contribution is -2.48. The van der Waals surface area contributed by atoms with Crippen LogP contribution in [0.4, 0.5) is 10.1 Å². The van der Waals surface area contributed by atoms with E-state index in [-0.39, 0.29) is 23.5 Å². The normalized spacial score (nSPS) is 15.6. The summed E-state index contributed by atoms with van der Waals surface area (Å²) in [5.74, 6) is -1.68. The van der Waals surface area contributed by atoms with Gasteiger partial charge >= 0.3 is 0 Å². The summed E-state index contributed by atoms with van der Waals surface area (Å²) in [6.07, 6.45) is 6.66. The van der Waals surface area contributed by atoms with Crippen molar-refractivity contribution in [2.75, 3.05) is 10.8 Å². The van der Waals surface area contributed by atoms with Crippen LogP contribution in [-0.2, 0) is 9.59 Å². The Labute approximate surface area is 168 Å². The van der Waals surface area contributed by atoms with E-state index in [4.69, 9.17) is 11.6 Å². The summed E-state index contributed by atoms with van der Waals surface area (Å²) in [6.45, 7) is 0. The van der Waals surface area contributed by atoms with E-state index in [1.54, 1.807) is 30.5 Å². The van der Waals surface area contributed by atoms with E-state index in [9.17, 15) is 14.0 Å². The molecular formula is C21H23ClFN3O2. The lowest BCUT2D eigenvalue weighted by atomic mass is 9.95. The van der Waals surface area contributed by atoms with Gasteiger partial charge in [-0.25, -0.2) is 4.39 Å². The van der Waals surface area contributed by atoms with E-state index in [0.29, 0.717) is 5.69 Å². The van der Waals surface area contributed by atoms with E-state index >= 15 is 0 Å². The number of nitrogens with one attached hydrogen (secondary N) is 1. The molecule has 0 saturated heterocycles. The van der Waals surface area contributed by atoms with Crippen molar-refractivity contribution in [3.05, 3.63) is 60.2 Å². The van der Waals surface area contributed by atoms with Crippen LogP contribution in [0.1, 0.15) is 43.8 Å². The number of alkyl halides is 1. The highest BCUT2D eigenvalue weighted by molar-refractivity contribution is 6.29. The minimum absolute atomic E-state index is 0.0629. The topological polar surface area (TPSA) is 62.3 Å². The third-order valence-corrected chi connectivity index (χ3v) is 5.12. The molecule has 148 valence electrons. The van der Waals surface area contributed by atoms with Crippen LogP contribution in [0, 0.1) is 5.82 Å². The van der Waals surface area contributed by atoms with Gasteiger partial charge in [-0.1, -0.05) is 31.4 Å². The monoisotopic (exact) mass is 403 g/mol. The molecule has 0 radical (unpaired) electrons. The van der Waals surface area contributed by atoms with Crippen molar-refractivity contribution in [1.29, 1.82) is 0 Å². The first-order chi connectivity index (χ1) is 13.6. The van der Waals surface area contributed by atoms with E-state index in [2.05, 4.69) is 10.3 Å². The first kappa shape index (κ1) is 20.3. The second-order valence-corrected chi connectivity index (χ2v) is 7.15. The lowest BCUT2D eigenvalue weighted by molar-refractivity contribution is -0.126. The third-order valence-electron chi connectivity index (χ3n) is 4.90. The van der Waals surface area contributed by atoms with Gasteiger partial charge in [0.05, 0.1) is 5.69 Å². The SMILES string of the molecule is O=C(NC1CCCCC1)C(c1ccccn1)N(C(=O)CCl)c1cccc(F)c1. The molecular weight excluding hydrogens is 381 g/mol. The summed E-state index contributed by atoms with van der Waals surface area (Å²) in [6, 6.07) is 9.76. The minimum Gasteiger partial charge on any atom is -0.351 e. The predicted molar refractivity (Wildman–Crippen MR) is 107 cm³/mol. The van der Waals surface area contributed by atoms with Crippen LogP contribution >= 0.6 is 11.6 Å². The molecule has 1 aromatic carbocycles. The Morgan fingerprint density at radius 2 is 1.96 bits per heavy atom. The molecule has 1 heterocycles. The van der Waals surface area contributed by atoms with Crippen molar-refractivity contribution in [1.82, 2.24) is 10.3 Å². The smallest absolute Gasteiger partial charge is 0.249 e. The number of amides is 2. The van der Waals surface area contributed by atoms with Crippen molar-refractivity contribution in [3.8, 4) is 0 Å². The second kappa shape index (κ2) is 9.64. The average Bonchev–Trinajstić information content (AvgIpc) is 2.72. The number of carbonyl (C=O) groups excluding carboxylic acids is 2. The molecule has 1 unspecified atom stereocenters.